The van der Waals surface area contributed by atoms with Crippen molar-refractivity contribution in [3.05, 3.63) is 200 Å². The summed E-state index contributed by atoms with van der Waals surface area (Å²) in [6.45, 7) is 5.23. The Balaban J connectivity index is 0.984. The molecule has 7 aromatic carbocycles. The molecule has 2 aromatic heterocycles. The van der Waals surface area contributed by atoms with E-state index in [-0.39, 0.29) is 0 Å². The van der Waals surface area contributed by atoms with Crippen LogP contribution >= 0.6 is 0 Å². The Morgan fingerprint density at radius 1 is 0.537 bits per heavy atom. The van der Waals surface area contributed by atoms with Crippen LogP contribution in [0, 0.1) is 0 Å². The molecule has 0 atom stereocenters. The normalized spacial score (nSPS) is 14.1. The molecule has 4 heteroatoms. The fourth-order valence-corrected chi connectivity index (χ4v) is 7.67. The predicted molar refractivity (Wildman–Crippen MR) is 225 cm³/mol. The molecule has 0 saturated carbocycles. The highest BCUT2D eigenvalue weighted by molar-refractivity contribution is 6.06. The van der Waals surface area contributed by atoms with E-state index in [0.717, 1.165) is 101 Å². The highest BCUT2D eigenvalue weighted by atomic mass is 16.3. The molecule has 256 valence electrons. The van der Waals surface area contributed by atoms with Gasteiger partial charge in [-0.05, 0) is 94.6 Å². The van der Waals surface area contributed by atoms with E-state index in [0.29, 0.717) is 0 Å². The molecule has 54 heavy (non-hydrogen) atoms. The van der Waals surface area contributed by atoms with Gasteiger partial charge >= 0.3 is 0 Å². The van der Waals surface area contributed by atoms with Gasteiger partial charge in [-0.15, -0.1) is 0 Å². The molecule has 0 aliphatic carbocycles. The van der Waals surface area contributed by atoms with Crippen LogP contribution in [0.4, 0.5) is 11.4 Å². The minimum Gasteiger partial charge on any atom is -0.456 e. The van der Waals surface area contributed by atoms with Gasteiger partial charge in [0.2, 0.25) is 0 Å². The van der Waals surface area contributed by atoms with E-state index in [4.69, 9.17) is 9.40 Å². The number of fused-ring (bicyclic) bond motifs is 5. The monoisotopic (exact) mass is 693 g/mol. The second-order valence-electron chi connectivity index (χ2n) is 13.7. The summed E-state index contributed by atoms with van der Waals surface area (Å²) >= 11 is 0. The molecular weight excluding hydrogens is 659 g/mol. The molecule has 0 fully saturated rings. The van der Waals surface area contributed by atoms with E-state index in [1.165, 1.54) is 0 Å². The second kappa shape index (κ2) is 13.1. The third-order valence-corrected chi connectivity index (χ3v) is 10.4. The molecule has 0 N–H and O–H groups in total. The zero-order valence-electron chi connectivity index (χ0n) is 29.6. The molecule has 4 nitrogen and oxygen atoms in total. The van der Waals surface area contributed by atoms with Crippen molar-refractivity contribution in [3.8, 4) is 39.3 Å². The van der Waals surface area contributed by atoms with Crippen LogP contribution in [-0.4, -0.2) is 16.1 Å². The number of benzene rings is 7. The number of imidazole rings is 1. The first kappa shape index (κ1) is 31.6. The molecule has 9 aromatic rings. The third kappa shape index (κ3) is 5.53. The van der Waals surface area contributed by atoms with Crippen molar-refractivity contribution in [2.24, 2.45) is 0 Å². The van der Waals surface area contributed by atoms with Crippen LogP contribution in [0.25, 0.3) is 77.9 Å². The van der Waals surface area contributed by atoms with Gasteiger partial charge in [-0.2, -0.15) is 0 Å². The standard InChI is InChI=1S/C50H35N3O/c1-34-12-4-3-11-31-52(40-27-23-36(24-28-40)39-26-30-49-44(33-39)42-15-7-10-18-48(42)54-49)46-29-25-38(32-43(34)46)35-19-21-37(22-20-35)50-51-45-16-8-9-17-47(45)53(50)41-13-5-2-6-14-41/h2-30,32-33H,1,31H2/b11-3-,12-4-. The van der Waals surface area contributed by atoms with E-state index in [1.807, 2.05) is 24.3 Å². The number of nitrogens with zero attached hydrogens (tertiary/aromatic N) is 3. The maximum atomic E-state index is 6.08. The van der Waals surface area contributed by atoms with Crippen molar-refractivity contribution >= 4 is 49.9 Å². The van der Waals surface area contributed by atoms with Crippen molar-refractivity contribution in [3.63, 3.8) is 0 Å². The fraction of sp³-hybridized carbons (Fsp3) is 0.0200. The van der Waals surface area contributed by atoms with Gasteiger partial charge in [-0.25, -0.2) is 4.98 Å². The van der Waals surface area contributed by atoms with Crippen molar-refractivity contribution in [1.82, 2.24) is 9.55 Å². The topological polar surface area (TPSA) is 34.2 Å². The van der Waals surface area contributed by atoms with E-state index in [1.54, 1.807) is 0 Å². The van der Waals surface area contributed by atoms with Crippen LogP contribution < -0.4 is 4.90 Å². The number of hydrogen-bond acceptors (Lipinski definition) is 3. The van der Waals surface area contributed by atoms with E-state index in [2.05, 4.69) is 180 Å². The lowest BCUT2D eigenvalue weighted by atomic mass is 9.96. The zero-order valence-corrected chi connectivity index (χ0v) is 29.6. The zero-order chi connectivity index (χ0) is 36.0. The van der Waals surface area contributed by atoms with Gasteiger partial charge in [-0.3, -0.25) is 4.57 Å². The van der Waals surface area contributed by atoms with Crippen LogP contribution in [-0.2, 0) is 0 Å². The van der Waals surface area contributed by atoms with Gasteiger partial charge in [0.1, 0.15) is 17.0 Å². The molecule has 1 aliphatic rings. The molecular formula is C50H35N3O. The summed E-state index contributed by atoms with van der Waals surface area (Å²) in [4.78, 5) is 7.43. The second-order valence-corrected chi connectivity index (χ2v) is 13.7. The Labute approximate surface area is 313 Å². The Morgan fingerprint density at radius 3 is 2.06 bits per heavy atom. The number of hydrogen-bond donors (Lipinski definition) is 0. The first-order valence-corrected chi connectivity index (χ1v) is 18.3. The van der Waals surface area contributed by atoms with Gasteiger partial charge in [0.15, 0.2) is 0 Å². The highest BCUT2D eigenvalue weighted by Crippen LogP contribution is 2.39. The molecule has 0 unspecified atom stereocenters. The minimum atomic E-state index is 0.730. The average molecular weight is 694 g/mol. The van der Waals surface area contributed by atoms with Crippen molar-refractivity contribution in [1.29, 1.82) is 0 Å². The summed E-state index contributed by atoms with van der Waals surface area (Å²) in [7, 11) is 0. The number of furan rings is 1. The molecule has 0 radical (unpaired) electrons. The van der Waals surface area contributed by atoms with Crippen LogP contribution in [0.15, 0.2) is 199 Å². The molecule has 0 amide bonds. The number of allylic oxidation sites excluding steroid dienone is 4. The molecule has 1 aliphatic heterocycles. The van der Waals surface area contributed by atoms with E-state index < -0.39 is 0 Å². The highest BCUT2D eigenvalue weighted by Gasteiger charge is 2.18. The Bertz CT molecular complexity index is 2910. The molecule has 0 bridgehead atoms. The van der Waals surface area contributed by atoms with Gasteiger partial charge in [0.05, 0.1) is 11.0 Å². The predicted octanol–water partition coefficient (Wildman–Crippen LogP) is 13.2. The lowest BCUT2D eigenvalue weighted by Gasteiger charge is -2.27. The quantitative estimate of drug-likeness (QED) is 0.180. The summed E-state index contributed by atoms with van der Waals surface area (Å²) in [6, 6.07) is 57.8. The Kier molecular flexibility index (Phi) is 7.66. The molecule has 0 saturated heterocycles. The Morgan fingerprint density at radius 2 is 1.20 bits per heavy atom. The third-order valence-electron chi connectivity index (χ3n) is 10.4. The summed E-state index contributed by atoms with van der Waals surface area (Å²) in [5.74, 6) is 0.923. The fourth-order valence-electron chi connectivity index (χ4n) is 7.67. The Hall–Kier alpha value is -7.17. The number of rotatable bonds is 5. The van der Waals surface area contributed by atoms with Gasteiger partial charge in [0.25, 0.3) is 0 Å². The molecule has 3 heterocycles. The van der Waals surface area contributed by atoms with Crippen LogP contribution in [0.2, 0.25) is 0 Å². The lowest BCUT2D eigenvalue weighted by Crippen LogP contribution is -2.18. The van der Waals surface area contributed by atoms with E-state index >= 15 is 0 Å². The van der Waals surface area contributed by atoms with Gasteiger partial charge in [0, 0.05) is 45.5 Å². The largest absolute Gasteiger partial charge is 0.456 e. The molecule has 0 spiro atoms. The van der Waals surface area contributed by atoms with Crippen molar-refractivity contribution in [2.45, 2.75) is 0 Å². The van der Waals surface area contributed by atoms with E-state index in [9.17, 15) is 0 Å². The summed E-state index contributed by atoms with van der Waals surface area (Å²) in [5.41, 5.74) is 14.9. The number of para-hydroxylation sites is 4. The maximum Gasteiger partial charge on any atom is 0.145 e. The smallest absolute Gasteiger partial charge is 0.145 e. The number of aromatic nitrogens is 2. The first-order chi connectivity index (χ1) is 26.7. The first-order valence-electron chi connectivity index (χ1n) is 18.3. The lowest BCUT2D eigenvalue weighted by molar-refractivity contribution is 0.669. The number of anilines is 2. The average Bonchev–Trinajstić information content (AvgIpc) is 3.82. The van der Waals surface area contributed by atoms with Crippen LogP contribution in [0.1, 0.15) is 5.56 Å². The summed E-state index contributed by atoms with van der Waals surface area (Å²) < 4.78 is 8.32. The van der Waals surface area contributed by atoms with Crippen LogP contribution in [0.3, 0.4) is 0 Å². The van der Waals surface area contributed by atoms with Crippen LogP contribution in [0.5, 0.6) is 0 Å². The van der Waals surface area contributed by atoms with Gasteiger partial charge in [-0.1, -0.05) is 128 Å². The van der Waals surface area contributed by atoms with Gasteiger partial charge < -0.3 is 9.32 Å². The summed E-state index contributed by atoms with van der Waals surface area (Å²) in [6.07, 6.45) is 8.47. The maximum absolute atomic E-state index is 6.08. The minimum absolute atomic E-state index is 0.730. The SMILES string of the molecule is C=C1/C=C\C=C/CN(c2ccc(-c3ccc4oc5ccccc5c4c3)cc2)c2ccc(-c3ccc(-c4nc5ccccc5n4-c4ccccc4)cc3)cc21. The summed E-state index contributed by atoms with van der Waals surface area (Å²) in [5, 5.41) is 2.27. The molecule has 10 rings (SSSR count). The van der Waals surface area contributed by atoms with Crippen molar-refractivity contribution in [2.75, 3.05) is 11.4 Å². The van der Waals surface area contributed by atoms with Crippen molar-refractivity contribution < 1.29 is 4.42 Å².